The van der Waals surface area contributed by atoms with E-state index in [1.165, 1.54) is 63.4 Å². The Balaban J connectivity index is 1.41. The van der Waals surface area contributed by atoms with Crippen LogP contribution < -0.4 is 0 Å². The standard InChI is InChI=1S/C26H38O/c1-3-5-6-7-21-10-15-24(16-11-21)25-17-12-22(13-18-25)8-9-23-14-19-26(4-2)27-20-23/h4,8-11,15-16,22-23,25-26H,2-3,5-7,12-14,17-20H2,1H3. The molecule has 3 rings (SSSR count). The monoisotopic (exact) mass is 366 g/mol. The summed E-state index contributed by atoms with van der Waals surface area (Å²) in [6, 6.07) is 9.54. The van der Waals surface area contributed by atoms with Gasteiger partial charge in [-0.3, -0.25) is 0 Å². The Morgan fingerprint density at radius 2 is 1.63 bits per heavy atom. The molecule has 0 amide bonds. The van der Waals surface area contributed by atoms with Gasteiger partial charge < -0.3 is 4.74 Å². The predicted octanol–water partition coefficient (Wildman–Crippen LogP) is 7.23. The second kappa shape index (κ2) is 10.9. The van der Waals surface area contributed by atoms with Crippen LogP contribution in [0.15, 0.2) is 49.1 Å². The fourth-order valence-electron chi connectivity index (χ4n) is 4.62. The van der Waals surface area contributed by atoms with E-state index in [0.717, 1.165) is 24.9 Å². The third-order valence-corrected chi connectivity index (χ3v) is 6.56. The largest absolute Gasteiger partial charge is 0.374 e. The summed E-state index contributed by atoms with van der Waals surface area (Å²) in [7, 11) is 0. The van der Waals surface area contributed by atoms with Crippen molar-refractivity contribution in [3.8, 4) is 0 Å². The van der Waals surface area contributed by atoms with Crippen LogP contribution in [0, 0.1) is 11.8 Å². The van der Waals surface area contributed by atoms with Gasteiger partial charge in [0.05, 0.1) is 12.7 Å². The number of allylic oxidation sites excluding steroid dienone is 1. The zero-order chi connectivity index (χ0) is 18.9. The van der Waals surface area contributed by atoms with Crippen LogP contribution in [-0.4, -0.2) is 12.7 Å². The van der Waals surface area contributed by atoms with Crippen molar-refractivity contribution in [1.82, 2.24) is 0 Å². The van der Waals surface area contributed by atoms with Crippen molar-refractivity contribution in [2.24, 2.45) is 11.8 Å². The van der Waals surface area contributed by atoms with E-state index in [9.17, 15) is 0 Å². The van der Waals surface area contributed by atoms with Crippen LogP contribution in [0.5, 0.6) is 0 Å². The molecule has 0 aromatic heterocycles. The number of hydrogen-bond donors (Lipinski definition) is 0. The summed E-state index contributed by atoms with van der Waals surface area (Å²) in [5, 5.41) is 0. The second-order valence-corrected chi connectivity index (χ2v) is 8.64. The molecule has 148 valence electrons. The van der Waals surface area contributed by atoms with Gasteiger partial charge in [-0.25, -0.2) is 0 Å². The second-order valence-electron chi connectivity index (χ2n) is 8.64. The first-order valence-electron chi connectivity index (χ1n) is 11.3. The van der Waals surface area contributed by atoms with Gasteiger partial charge in [0.25, 0.3) is 0 Å². The van der Waals surface area contributed by atoms with Crippen LogP contribution in [-0.2, 0) is 11.2 Å². The van der Waals surface area contributed by atoms with Crippen molar-refractivity contribution >= 4 is 0 Å². The van der Waals surface area contributed by atoms with E-state index in [1.807, 2.05) is 6.08 Å². The number of ether oxygens (including phenoxy) is 1. The topological polar surface area (TPSA) is 9.23 Å². The molecule has 1 heterocycles. The van der Waals surface area contributed by atoms with Gasteiger partial charge in [-0.1, -0.05) is 62.3 Å². The molecule has 2 aliphatic rings. The Labute approximate surface area is 166 Å². The average molecular weight is 367 g/mol. The van der Waals surface area contributed by atoms with E-state index >= 15 is 0 Å². The Kier molecular flexibility index (Phi) is 8.20. The molecule has 2 fully saturated rings. The van der Waals surface area contributed by atoms with Gasteiger partial charge in [0.15, 0.2) is 0 Å². The Hall–Kier alpha value is -1.34. The molecule has 27 heavy (non-hydrogen) atoms. The molecule has 1 saturated heterocycles. The minimum absolute atomic E-state index is 0.281. The summed E-state index contributed by atoms with van der Waals surface area (Å²) < 4.78 is 5.83. The zero-order valence-corrected chi connectivity index (χ0v) is 17.2. The highest BCUT2D eigenvalue weighted by Crippen LogP contribution is 2.36. The third kappa shape index (κ3) is 6.35. The summed E-state index contributed by atoms with van der Waals surface area (Å²) in [6.45, 7) is 6.98. The summed E-state index contributed by atoms with van der Waals surface area (Å²) >= 11 is 0. The van der Waals surface area contributed by atoms with Crippen LogP contribution in [0.1, 0.15) is 81.8 Å². The minimum Gasteiger partial charge on any atom is -0.374 e. The molecule has 1 nitrogen and oxygen atoms in total. The maximum absolute atomic E-state index is 5.83. The van der Waals surface area contributed by atoms with Gasteiger partial charge in [-0.05, 0) is 74.3 Å². The average Bonchev–Trinajstić information content (AvgIpc) is 2.74. The first-order chi connectivity index (χ1) is 13.3. The van der Waals surface area contributed by atoms with Crippen molar-refractivity contribution in [2.75, 3.05) is 6.61 Å². The third-order valence-electron chi connectivity index (χ3n) is 6.56. The zero-order valence-electron chi connectivity index (χ0n) is 17.2. The molecular formula is C26H38O. The normalized spacial score (nSPS) is 29.1. The van der Waals surface area contributed by atoms with Gasteiger partial charge in [-0.15, -0.1) is 6.58 Å². The number of aryl methyl sites for hydroxylation is 1. The van der Waals surface area contributed by atoms with E-state index in [1.54, 1.807) is 5.56 Å². The number of unbranched alkanes of at least 4 members (excludes halogenated alkanes) is 2. The first kappa shape index (κ1) is 20.4. The van der Waals surface area contributed by atoms with Gasteiger partial charge in [0.1, 0.15) is 0 Å². The Bertz CT molecular complexity index is 569. The van der Waals surface area contributed by atoms with Crippen molar-refractivity contribution in [3.05, 3.63) is 60.2 Å². The summed E-state index contributed by atoms with van der Waals surface area (Å²) in [5.41, 5.74) is 3.07. The van der Waals surface area contributed by atoms with E-state index in [0.29, 0.717) is 5.92 Å². The maximum atomic E-state index is 5.83. The van der Waals surface area contributed by atoms with Gasteiger partial charge in [0, 0.05) is 5.92 Å². The van der Waals surface area contributed by atoms with E-state index < -0.39 is 0 Å². The van der Waals surface area contributed by atoms with Crippen LogP contribution in [0.4, 0.5) is 0 Å². The van der Waals surface area contributed by atoms with Gasteiger partial charge >= 0.3 is 0 Å². The fourth-order valence-corrected chi connectivity index (χ4v) is 4.62. The highest BCUT2D eigenvalue weighted by atomic mass is 16.5. The minimum atomic E-state index is 0.281. The lowest BCUT2D eigenvalue weighted by atomic mass is 9.78. The molecule has 2 atom stereocenters. The molecule has 0 radical (unpaired) electrons. The van der Waals surface area contributed by atoms with E-state index in [-0.39, 0.29) is 6.10 Å². The number of hydrogen-bond acceptors (Lipinski definition) is 1. The molecule has 1 aromatic rings. The molecular weight excluding hydrogens is 328 g/mol. The fraction of sp³-hybridized carbons (Fsp3) is 0.615. The number of benzene rings is 1. The van der Waals surface area contributed by atoms with Crippen LogP contribution >= 0.6 is 0 Å². The van der Waals surface area contributed by atoms with Gasteiger partial charge in [0.2, 0.25) is 0 Å². The highest BCUT2D eigenvalue weighted by Gasteiger charge is 2.22. The lowest BCUT2D eigenvalue weighted by molar-refractivity contribution is 0.0245. The highest BCUT2D eigenvalue weighted by molar-refractivity contribution is 5.26. The quantitative estimate of drug-likeness (QED) is 0.348. The van der Waals surface area contributed by atoms with Crippen molar-refractivity contribution in [2.45, 2.75) is 83.2 Å². The smallest absolute Gasteiger partial charge is 0.0753 e. The summed E-state index contributed by atoms with van der Waals surface area (Å²) in [6.07, 6.45) is 20.1. The molecule has 0 bridgehead atoms. The molecule has 1 heteroatoms. The SMILES string of the molecule is C=CC1CCC(C=CC2CCC(c3ccc(CCCCC)cc3)CC2)CO1. The molecule has 1 aliphatic carbocycles. The van der Waals surface area contributed by atoms with E-state index in [2.05, 4.69) is 49.9 Å². The van der Waals surface area contributed by atoms with Crippen molar-refractivity contribution in [1.29, 1.82) is 0 Å². The maximum Gasteiger partial charge on any atom is 0.0753 e. The summed E-state index contributed by atoms with van der Waals surface area (Å²) in [5.74, 6) is 2.15. The van der Waals surface area contributed by atoms with E-state index in [4.69, 9.17) is 4.74 Å². The lowest BCUT2D eigenvalue weighted by Gasteiger charge is -2.28. The number of rotatable bonds is 8. The Morgan fingerprint density at radius 1 is 0.926 bits per heavy atom. The van der Waals surface area contributed by atoms with Gasteiger partial charge in [-0.2, -0.15) is 0 Å². The molecule has 0 N–H and O–H groups in total. The van der Waals surface area contributed by atoms with Crippen molar-refractivity contribution in [3.63, 3.8) is 0 Å². The first-order valence-corrected chi connectivity index (χ1v) is 11.3. The van der Waals surface area contributed by atoms with Crippen LogP contribution in [0.2, 0.25) is 0 Å². The predicted molar refractivity (Wildman–Crippen MR) is 116 cm³/mol. The molecule has 1 aliphatic heterocycles. The lowest BCUT2D eigenvalue weighted by Crippen LogP contribution is -2.23. The Morgan fingerprint density at radius 3 is 2.26 bits per heavy atom. The summed E-state index contributed by atoms with van der Waals surface area (Å²) in [4.78, 5) is 0. The molecule has 2 unspecified atom stereocenters. The van der Waals surface area contributed by atoms with Crippen LogP contribution in [0.3, 0.4) is 0 Å². The molecule has 0 spiro atoms. The molecule has 1 saturated carbocycles. The van der Waals surface area contributed by atoms with Crippen molar-refractivity contribution < 1.29 is 4.74 Å². The molecule has 1 aromatic carbocycles. The van der Waals surface area contributed by atoms with Crippen LogP contribution in [0.25, 0.3) is 0 Å².